The van der Waals surface area contributed by atoms with E-state index < -0.39 is 5.72 Å². The number of phenols is 1. The quantitative estimate of drug-likeness (QED) is 0.565. The molecule has 3 nitrogen and oxygen atoms in total. The van der Waals surface area contributed by atoms with Crippen LogP contribution in [0.4, 0.5) is 5.69 Å². The molecule has 2 heterocycles. The van der Waals surface area contributed by atoms with E-state index in [2.05, 4.69) is 80.4 Å². The van der Waals surface area contributed by atoms with Crippen LogP contribution in [0, 0.1) is 0 Å². The van der Waals surface area contributed by atoms with Crippen LogP contribution in [0.25, 0.3) is 6.08 Å². The number of rotatable bonds is 2. The van der Waals surface area contributed by atoms with Gasteiger partial charge in [0.15, 0.2) is 0 Å². The van der Waals surface area contributed by atoms with Crippen LogP contribution in [-0.2, 0) is 5.41 Å². The van der Waals surface area contributed by atoms with Gasteiger partial charge in [-0.15, -0.1) is 0 Å². The molecular formula is C25H23NO2S. The summed E-state index contributed by atoms with van der Waals surface area (Å²) < 4.78 is 6.71. The van der Waals surface area contributed by atoms with Crippen molar-refractivity contribution in [2.75, 3.05) is 11.9 Å². The second-order valence-corrected chi connectivity index (χ2v) is 9.28. The molecule has 0 saturated heterocycles. The van der Waals surface area contributed by atoms with Gasteiger partial charge in [0.25, 0.3) is 0 Å². The van der Waals surface area contributed by atoms with E-state index in [1.54, 1.807) is 23.9 Å². The zero-order valence-corrected chi connectivity index (χ0v) is 17.5. The molecule has 0 bridgehead atoms. The van der Waals surface area contributed by atoms with Gasteiger partial charge < -0.3 is 14.7 Å². The summed E-state index contributed by atoms with van der Waals surface area (Å²) in [4.78, 5) is 4.48. The number of likely N-dealkylation sites (N-methyl/N-ethyl adjacent to an activating group) is 1. The summed E-state index contributed by atoms with van der Waals surface area (Å²) in [5.41, 5.74) is 2.86. The van der Waals surface area contributed by atoms with Crippen LogP contribution >= 0.6 is 11.8 Å². The Morgan fingerprint density at radius 3 is 2.41 bits per heavy atom. The zero-order valence-electron chi connectivity index (χ0n) is 16.7. The van der Waals surface area contributed by atoms with Crippen molar-refractivity contribution in [2.24, 2.45) is 0 Å². The molecule has 2 aliphatic rings. The van der Waals surface area contributed by atoms with Crippen LogP contribution in [0.1, 0.15) is 25.0 Å². The maximum absolute atomic E-state index is 9.47. The van der Waals surface area contributed by atoms with Gasteiger partial charge in [-0.1, -0.05) is 30.0 Å². The van der Waals surface area contributed by atoms with Gasteiger partial charge in [0.1, 0.15) is 11.5 Å². The van der Waals surface area contributed by atoms with Gasteiger partial charge in [0, 0.05) is 28.1 Å². The molecule has 1 N–H and O–H groups in total. The van der Waals surface area contributed by atoms with E-state index in [4.69, 9.17) is 4.74 Å². The molecular weight excluding hydrogens is 378 g/mol. The standard InChI is InChI=1S/C25H23NO2S/c1-24(2)21-6-4-5-7-22(21)26(3)25(24)15-14-17-16-20(12-13-23(17)28-25)29-19-10-8-18(27)9-11-19/h4-16,27H,1-3H3. The van der Waals surface area contributed by atoms with Gasteiger partial charge >= 0.3 is 0 Å². The molecule has 5 rings (SSSR count). The molecule has 0 radical (unpaired) electrons. The first-order valence-corrected chi connectivity index (χ1v) is 10.5. The molecule has 146 valence electrons. The molecule has 1 unspecified atom stereocenters. The smallest absolute Gasteiger partial charge is 0.211 e. The SMILES string of the molecule is CN1c2ccccc2C(C)(C)C12C=Cc1cc(Sc3ccc(O)cc3)ccc1O2. The van der Waals surface area contributed by atoms with Crippen molar-refractivity contribution in [1.82, 2.24) is 0 Å². The lowest BCUT2D eigenvalue weighted by Gasteiger charge is -2.45. The summed E-state index contributed by atoms with van der Waals surface area (Å²) in [5.74, 6) is 1.18. The fourth-order valence-electron chi connectivity index (χ4n) is 4.47. The second-order valence-electron chi connectivity index (χ2n) is 8.13. The Morgan fingerprint density at radius 2 is 1.66 bits per heavy atom. The van der Waals surface area contributed by atoms with Crippen molar-refractivity contribution in [3.05, 3.63) is 83.9 Å². The Hall–Kier alpha value is -2.85. The highest BCUT2D eigenvalue weighted by Gasteiger charge is 2.57. The van der Waals surface area contributed by atoms with Crippen LogP contribution in [-0.4, -0.2) is 17.9 Å². The van der Waals surface area contributed by atoms with Gasteiger partial charge in [-0.3, -0.25) is 0 Å². The number of nitrogens with zero attached hydrogens (tertiary/aromatic N) is 1. The van der Waals surface area contributed by atoms with Gasteiger partial charge in [0.05, 0.1) is 5.41 Å². The summed E-state index contributed by atoms with van der Waals surface area (Å²) in [6.07, 6.45) is 4.38. The van der Waals surface area contributed by atoms with E-state index >= 15 is 0 Å². The highest BCUT2D eigenvalue weighted by Crippen LogP contribution is 2.54. The fourth-order valence-corrected chi connectivity index (χ4v) is 5.34. The number of para-hydroxylation sites is 1. The summed E-state index contributed by atoms with van der Waals surface area (Å²) in [6, 6.07) is 22.1. The number of hydrogen-bond acceptors (Lipinski definition) is 4. The van der Waals surface area contributed by atoms with E-state index in [9.17, 15) is 5.11 Å². The number of ether oxygens (including phenoxy) is 1. The van der Waals surface area contributed by atoms with Gasteiger partial charge in [-0.2, -0.15) is 0 Å². The highest BCUT2D eigenvalue weighted by atomic mass is 32.2. The summed E-state index contributed by atoms with van der Waals surface area (Å²) in [7, 11) is 2.11. The molecule has 4 heteroatoms. The van der Waals surface area contributed by atoms with Crippen molar-refractivity contribution in [1.29, 1.82) is 0 Å². The van der Waals surface area contributed by atoms with Crippen molar-refractivity contribution in [3.8, 4) is 11.5 Å². The third kappa shape index (κ3) is 2.66. The topological polar surface area (TPSA) is 32.7 Å². The average molecular weight is 402 g/mol. The lowest BCUT2D eigenvalue weighted by molar-refractivity contribution is 0.0581. The molecule has 29 heavy (non-hydrogen) atoms. The van der Waals surface area contributed by atoms with Crippen molar-refractivity contribution in [3.63, 3.8) is 0 Å². The van der Waals surface area contributed by atoms with E-state index in [1.165, 1.54) is 11.3 Å². The minimum Gasteiger partial charge on any atom is -0.508 e. The first-order chi connectivity index (χ1) is 13.9. The van der Waals surface area contributed by atoms with E-state index in [1.807, 2.05) is 12.1 Å². The van der Waals surface area contributed by atoms with Crippen LogP contribution in [0.15, 0.2) is 82.6 Å². The lowest BCUT2D eigenvalue weighted by atomic mass is 9.76. The molecule has 0 aromatic heterocycles. The number of benzene rings is 3. The zero-order chi connectivity index (χ0) is 20.2. The normalized spacial score (nSPS) is 21.0. The number of fused-ring (bicyclic) bond motifs is 2. The minimum absolute atomic E-state index is 0.188. The maximum atomic E-state index is 9.47. The monoisotopic (exact) mass is 401 g/mol. The number of phenolic OH excluding ortho intramolecular Hbond substituents is 1. The Morgan fingerprint density at radius 1 is 0.931 bits per heavy atom. The Kier molecular flexibility index (Phi) is 3.97. The van der Waals surface area contributed by atoms with Crippen LogP contribution in [0.2, 0.25) is 0 Å². The Bertz CT molecular complexity index is 1120. The van der Waals surface area contributed by atoms with Crippen LogP contribution in [0.5, 0.6) is 11.5 Å². The summed E-state index contributed by atoms with van der Waals surface area (Å²) in [5, 5.41) is 9.47. The number of hydrogen-bond donors (Lipinski definition) is 1. The summed E-state index contributed by atoms with van der Waals surface area (Å²) >= 11 is 1.67. The number of aromatic hydroxyl groups is 1. The van der Waals surface area contributed by atoms with E-state index in [-0.39, 0.29) is 11.2 Å². The van der Waals surface area contributed by atoms with Gasteiger partial charge in [-0.05, 0) is 80.1 Å². The second kappa shape index (κ2) is 6.33. The molecule has 1 atom stereocenters. The Labute approximate surface area is 175 Å². The molecule has 3 aromatic rings. The van der Waals surface area contributed by atoms with Crippen molar-refractivity contribution in [2.45, 2.75) is 34.8 Å². The van der Waals surface area contributed by atoms with Crippen molar-refractivity contribution < 1.29 is 9.84 Å². The number of anilines is 1. The minimum atomic E-state index is -0.546. The van der Waals surface area contributed by atoms with E-state index in [0.29, 0.717) is 0 Å². The third-order valence-electron chi connectivity index (χ3n) is 6.14. The molecule has 2 aliphatic heterocycles. The van der Waals surface area contributed by atoms with Crippen LogP contribution in [0.3, 0.4) is 0 Å². The summed E-state index contributed by atoms with van der Waals surface area (Å²) in [6.45, 7) is 4.50. The Balaban J connectivity index is 1.48. The fraction of sp³-hybridized carbons (Fsp3) is 0.200. The van der Waals surface area contributed by atoms with Crippen molar-refractivity contribution >= 4 is 23.5 Å². The maximum Gasteiger partial charge on any atom is 0.211 e. The predicted octanol–water partition coefficient (Wildman–Crippen LogP) is 6.07. The molecule has 0 aliphatic carbocycles. The lowest BCUT2D eigenvalue weighted by Crippen LogP contribution is -2.58. The molecule has 0 fully saturated rings. The first-order valence-electron chi connectivity index (χ1n) is 9.73. The third-order valence-corrected chi connectivity index (χ3v) is 7.14. The van der Waals surface area contributed by atoms with E-state index in [0.717, 1.165) is 21.1 Å². The van der Waals surface area contributed by atoms with Gasteiger partial charge in [-0.25, -0.2) is 0 Å². The molecule has 1 spiro atoms. The largest absolute Gasteiger partial charge is 0.508 e. The predicted molar refractivity (Wildman–Crippen MR) is 119 cm³/mol. The first kappa shape index (κ1) is 18.2. The average Bonchev–Trinajstić information content (AvgIpc) is 2.89. The van der Waals surface area contributed by atoms with Crippen LogP contribution < -0.4 is 9.64 Å². The molecule has 0 amide bonds. The van der Waals surface area contributed by atoms with Gasteiger partial charge in [0.2, 0.25) is 5.72 Å². The molecule has 0 saturated carbocycles. The molecule has 3 aromatic carbocycles. The highest BCUT2D eigenvalue weighted by molar-refractivity contribution is 7.99.